The average Bonchev–Trinajstić information content (AvgIpc) is 2.65. The molecule has 0 radical (unpaired) electrons. The lowest BCUT2D eigenvalue weighted by atomic mass is 9.98. The van der Waals surface area contributed by atoms with Crippen LogP contribution in [-0.4, -0.2) is 46.5 Å². The van der Waals surface area contributed by atoms with E-state index in [1.54, 1.807) is 12.1 Å². The van der Waals surface area contributed by atoms with E-state index in [0.29, 0.717) is 17.9 Å². The number of rotatable bonds is 5. The van der Waals surface area contributed by atoms with Gasteiger partial charge in [0.15, 0.2) is 0 Å². The third-order valence-electron chi connectivity index (χ3n) is 4.77. The second kappa shape index (κ2) is 8.35. The Morgan fingerprint density at radius 2 is 1.78 bits per heavy atom. The summed E-state index contributed by atoms with van der Waals surface area (Å²) in [6, 6.07) is 12.5. The third kappa shape index (κ3) is 4.65. The van der Waals surface area contributed by atoms with Crippen LogP contribution in [0.15, 0.2) is 42.5 Å². The van der Waals surface area contributed by atoms with E-state index < -0.39 is 30.4 Å². The number of aliphatic hydroxyl groups excluding tert-OH is 3. The molecule has 1 saturated heterocycles. The number of benzene rings is 2. The lowest BCUT2D eigenvalue weighted by Gasteiger charge is -2.34. The Labute approximate surface area is 158 Å². The molecule has 0 unspecified atom stereocenters. The van der Waals surface area contributed by atoms with E-state index in [4.69, 9.17) is 9.47 Å². The van der Waals surface area contributed by atoms with Gasteiger partial charge in [-0.1, -0.05) is 44.2 Å². The van der Waals surface area contributed by atoms with Crippen LogP contribution in [0.1, 0.15) is 36.5 Å². The van der Waals surface area contributed by atoms with E-state index >= 15 is 0 Å². The van der Waals surface area contributed by atoms with Crippen molar-refractivity contribution in [1.82, 2.24) is 0 Å². The first kappa shape index (κ1) is 19.8. The van der Waals surface area contributed by atoms with E-state index in [1.807, 2.05) is 12.1 Å². The van der Waals surface area contributed by atoms with Crippen molar-refractivity contribution in [2.45, 2.75) is 50.8 Å². The van der Waals surface area contributed by atoms with E-state index in [9.17, 15) is 19.7 Å². The van der Waals surface area contributed by atoms with Crippen LogP contribution in [0.3, 0.4) is 0 Å². The van der Waals surface area contributed by atoms with Gasteiger partial charge >= 0.3 is 0 Å². The molecule has 27 heavy (non-hydrogen) atoms. The van der Waals surface area contributed by atoms with Crippen molar-refractivity contribution in [3.05, 3.63) is 65.0 Å². The van der Waals surface area contributed by atoms with E-state index in [1.165, 1.54) is 11.6 Å². The molecule has 1 aliphatic rings. The summed E-state index contributed by atoms with van der Waals surface area (Å²) in [5.41, 5.74) is 2.77. The van der Waals surface area contributed by atoms with Crippen molar-refractivity contribution in [2.75, 3.05) is 6.61 Å². The van der Waals surface area contributed by atoms with Crippen LogP contribution in [0.4, 0.5) is 4.39 Å². The van der Waals surface area contributed by atoms with Gasteiger partial charge in [0, 0.05) is 12.5 Å². The van der Waals surface area contributed by atoms with E-state index in [-0.39, 0.29) is 12.4 Å². The zero-order valence-corrected chi connectivity index (χ0v) is 15.4. The normalized spacial score (nSPS) is 25.6. The summed E-state index contributed by atoms with van der Waals surface area (Å²) in [5.74, 6) is 0.203. The Balaban J connectivity index is 1.67. The van der Waals surface area contributed by atoms with Crippen molar-refractivity contribution in [1.29, 1.82) is 0 Å². The molecule has 4 atom stereocenters. The third-order valence-corrected chi connectivity index (χ3v) is 4.77. The maximum atomic E-state index is 14.5. The minimum absolute atomic E-state index is 0.171. The molecule has 0 spiro atoms. The first-order valence-electron chi connectivity index (χ1n) is 9.05. The molecule has 2 aromatic rings. The highest BCUT2D eigenvalue weighted by molar-refractivity contribution is 5.34. The number of hydrogen-bond acceptors (Lipinski definition) is 5. The molecule has 0 aliphatic carbocycles. The topological polar surface area (TPSA) is 79.2 Å². The summed E-state index contributed by atoms with van der Waals surface area (Å²) in [6.07, 6.45) is -4.69. The monoisotopic (exact) mass is 376 g/mol. The van der Waals surface area contributed by atoms with Gasteiger partial charge in [-0.15, -0.1) is 0 Å². The van der Waals surface area contributed by atoms with Crippen LogP contribution in [0, 0.1) is 5.82 Å². The minimum atomic E-state index is -1.42. The van der Waals surface area contributed by atoms with Gasteiger partial charge in [-0.05, 0) is 28.7 Å². The van der Waals surface area contributed by atoms with E-state index in [2.05, 4.69) is 26.0 Å². The van der Waals surface area contributed by atoms with Crippen molar-refractivity contribution >= 4 is 0 Å². The first-order chi connectivity index (χ1) is 12.8. The molecule has 3 rings (SSSR count). The number of ether oxygens (including phenoxy) is 2. The van der Waals surface area contributed by atoms with Gasteiger partial charge < -0.3 is 24.8 Å². The molecule has 146 valence electrons. The zero-order valence-electron chi connectivity index (χ0n) is 15.4. The summed E-state index contributed by atoms with van der Waals surface area (Å²) < 4.78 is 25.1. The Morgan fingerprint density at radius 3 is 2.41 bits per heavy atom. The van der Waals surface area contributed by atoms with Crippen molar-refractivity contribution in [2.24, 2.45) is 0 Å². The molecule has 1 fully saturated rings. The molecule has 1 aliphatic heterocycles. The first-order valence-corrected chi connectivity index (χ1v) is 9.05. The highest BCUT2D eigenvalue weighted by Gasteiger charge is 2.39. The predicted octanol–water partition coefficient (Wildman–Crippen LogP) is 2.36. The second-order valence-corrected chi connectivity index (χ2v) is 7.19. The molecule has 0 bridgehead atoms. The molecule has 0 saturated carbocycles. The smallest absolute Gasteiger partial charge is 0.228 e. The number of halogens is 1. The Kier molecular flexibility index (Phi) is 6.11. The lowest BCUT2D eigenvalue weighted by molar-refractivity contribution is -0.242. The van der Waals surface area contributed by atoms with Gasteiger partial charge in [0.25, 0.3) is 0 Å². The molecule has 6 heteroatoms. The molecular formula is C21H25FO5. The molecule has 0 amide bonds. The van der Waals surface area contributed by atoms with Crippen LogP contribution >= 0.6 is 0 Å². The molecule has 5 nitrogen and oxygen atoms in total. The van der Waals surface area contributed by atoms with Crippen LogP contribution in [-0.2, 0) is 11.2 Å². The van der Waals surface area contributed by atoms with Gasteiger partial charge in [-0.2, -0.15) is 0 Å². The van der Waals surface area contributed by atoms with Crippen molar-refractivity contribution < 1.29 is 29.2 Å². The van der Waals surface area contributed by atoms with Gasteiger partial charge in [0.05, 0.1) is 6.61 Å². The highest BCUT2D eigenvalue weighted by Crippen LogP contribution is 2.24. The standard InChI is InChI=1S/C21H25FO5/c1-12(2)14-5-3-13(4-6-14)9-15-7-8-16(10-17(15)22)27-21-20(25)19(24)18(23)11-26-21/h3-8,10,12,18-21,23-25H,9,11H2,1-2H3/t18-,19-,20+,21+/m0/s1. The molecular weight excluding hydrogens is 351 g/mol. The van der Waals surface area contributed by atoms with Gasteiger partial charge in [0.2, 0.25) is 6.29 Å². The van der Waals surface area contributed by atoms with Crippen LogP contribution in [0.2, 0.25) is 0 Å². The Hall–Kier alpha value is -1.99. The maximum Gasteiger partial charge on any atom is 0.228 e. The molecule has 2 aromatic carbocycles. The summed E-state index contributed by atoms with van der Waals surface area (Å²) >= 11 is 0. The number of hydrogen-bond donors (Lipinski definition) is 3. The van der Waals surface area contributed by atoms with Crippen LogP contribution < -0.4 is 4.74 Å². The van der Waals surface area contributed by atoms with Gasteiger partial charge in [-0.3, -0.25) is 0 Å². The second-order valence-electron chi connectivity index (χ2n) is 7.19. The fourth-order valence-corrected chi connectivity index (χ4v) is 3.00. The highest BCUT2D eigenvalue weighted by atomic mass is 19.1. The summed E-state index contributed by atoms with van der Waals surface area (Å²) in [6.45, 7) is 4.08. The van der Waals surface area contributed by atoms with Gasteiger partial charge in [0.1, 0.15) is 29.9 Å². The Morgan fingerprint density at radius 1 is 1.07 bits per heavy atom. The minimum Gasteiger partial charge on any atom is -0.462 e. The summed E-state index contributed by atoms with van der Waals surface area (Å²) in [4.78, 5) is 0. The fourth-order valence-electron chi connectivity index (χ4n) is 3.00. The zero-order chi connectivity index (χ0) is 19.6. The lowest BCUT2D eigenvalue weighted by Crippen LogP contribution is -2.54. The van der Waals surface area contributed by atoms with Crippen LogP contribution in [0.25, 0.3) is 0 Å². The quantitative estimate of drug-likeness (QED) is 0.747. The van der Waals surface area contributed by atoms with E-state index in [0.717, 1.165) is 5.56 Å². The predicted molar refractivity (Wildman–Crippen MR) is 98.1 cm³/mol. The van der Waals surface area contributed by atoms with Crippen LogP contribution in [0.5, 0.6) is 5.75 Å². The largest absolute Gasteiger partial charge is 0.462 e. The Bertz CT molecular complexity index is 762. The molecule has 1 heterocycles. The molecule has 0 aromatic heterocycles. The van der Waals surface area contributed by atoms with Crippen molar-refractivity contribution in [3.8, 4) is 5.75 Å². The SMILES string of the molecule is CC(C)c1ccc(Cc2ccc(O[C@H]3OC[C@H](O)[C@H](O)[C@H]3O)cc2F)cc1. The molecule has 3 N–H and O–H groups in total. The average molecular weight is 376 g/mol. The van der Waals surface area contributed by atoms with Gasteiger partial charge in [-0.25, -0.2) is 4.39 Å². The number of aliphatic hydroxyl groups is 3. The fraction of sp³-hybridized carbons (Fsp3) is 0.429. The summed E-state index contributed by atoms with van der Waals surface area (Å²) in [7, 11) is 0. The summed E-state index contributed by atoms with van der Waals surface area (Å²) in [5, 5.41) is 29.0. The van der Waals surface area contributed by atoms with Crippen molar-refractivity contribution in [3.63, 3.8) is 0 Å². The maximum absolute atomic E-state index is 14.5.